The Morgan fingerprint density at radius 1 is 1.03 bits per heavy atom. The number of aromatic nitrogens is 2. The molecule has 0 spiro atoms. The molecule has 0 aliphatic heterocycles. The van der Waals surface area contributed by atoms with E-state index in [1.54, 1.807) is 0 Å². The van der Waals surface area contributed by atoms with Gasteiger partial charge in [0.05, 0.1) is 11.7 Å². The molecule has 0 bridgehead atoms. The summed E-state index contributed by atoms with van der Waals surface area (Å²) >= 11 is 0. The summed E-state index contributed by atoms with van der Waals surface area (Å²) in [7, 11) is 0. The normalized spacial score (nSPS) is 20.0. The third-order valence-corrected chi connectivity index (χ3v) is 5.55. The van der Waals surface area contributed by atoms with Gasteiger partial charge in [0.2, 0.25) is 5.91 Å². The van der Waals surface area contributed by atoms with Crippen LogP contribution in [0.15, 0.2) is 73.6 Å². The van der Waals surface area contributed by atoms with Crippen LogP contribution in [0.3, 0.4) is 0 Å². The summed E-state index contributed by atoms with van der Waals surface area (Å²) < 4.78 is 5.87. The van der Waals surface area contributed by atoms with Crippen molar-refractivity contribution in [2.24, 2.45) is 0 Å². The van der Waals surface area contributed by atoms with Crippen molar-refractivity contribution in [3.05, 3.63) is 73.6 Å². The van der Waals surface area contributed by atoms with E-state index in [4.69, 9.17) is 10.5 Å². The van der Waals surface area contributed by atoms with Crippen LogP contribution in [0.1, 0.15) is 19.3 Å². The van der Waals surface area contributed by atoms with Crippen molar-refractivity contribution in [2.45, 2.75) is 37.5 Å². The van der Waals surface area contributed by atoms with Gasteiger partial charge in [-0.3, -0.25) is 4.79 Å². The predicted octanol–water partition coefficient (Wildman–Crippen LogP) is 3.51. The molecular formula is C25H27N5O3. The first-order valence-electron chi connectivity index (χ1n) is 10.8. The van der Waals surface area contributed by atoms with Crippen LogP contribution in [0.2, 0.25) is 0 Å². The molecule has 1 saturated carbocycles. The molecule has 0 saturated heterocycles. The molecule has 1 heterocycles. The zero-order chi connectivity index (χ0) is 23.2. The first-order valence-corrected chi connectivity index (χ1v) is 10.8. The Bertz CT molecular complexity index is 1100. The third kappa shape index (κ3) is 5.67. The van der Waals surface area contributed by atoms with Gasteiger partial charge in [0.25, 0.3) is 0 Å². The van der Waals surface area contributed by atoms with Crippen molar-refractivity contribution in [3.8, 4) is 22.6 Å². The smallest absolute Gasteiger partial charge is 0.243 e. The van der Waals surface area contributed by atoms with E-state index in [-0.39, 0.29) is 18.0 Å². The van der Waals surface area contributed by atoms with Gasteiger partial charge < -0.3 is 26.2 Å². The zero-order valence-corrected chi connectivity index (χ0v) is 18.1. The van der Waals surface area contributed by atoms with E-state index < -0.39 is 6.10 Å². The number of hydrogen-bond donors (Lipinski definition) is 4. The summed E-state index contributed by atoms with van der Waals surface area (Å²) in [6.45, 7) is 3.49. The lowest BCUT2D eigenvalue weighted by atomic mass is 9.88. The van der Waals surface area contributed by atoms with Crippen LogP contribution in [-0.2, 0) is 4.79 Å². The Morgan fingerprint density at radius 3 is 2.45 bits per heavy atom. The van der Waals surface area contributed by atoms with E-state index in [2.05, 4.69) is 27.2 Å². The van der Waals surface area contributed by atoms with Crippen molar-refractivity contribution in [3.63, 3.8) is 0 Å². The van der Waals surface area contributed by atoms with Gasteiger partial charge in [-0.2, -0.15) is 0 Å². The number of hydrogen-bond acceptors (Lipinski definition) is 7. The summed E-state index contributed by atoms with van der Waals surface area (Å²) in [5, 5.41) is 16.6. The van der Waals surface area contributed by atoms with Crippen LogP contribution in [0.5, 0.6) is 11.5 Å². The average Bonchev–Trinajstić information content (AvgIpc) is 2.80. The number of para-hydroxylation sites is 1. The molecule has 1 fully saturated rings. The minimum absolute atomic E-state index is 0.0994. The van der Waals surface area contributed by atoms with E-state index in [1.165, 1.54) is 12.4 Å². The highest BCUT2D eigenvalue weighted by Crippen LogP contribution is 2.34. The van der Waals surface area contributed by atoms with Gasteiger partial charge in [0.15, 0.2) is 0 Å². The number of ether oxygens (including phenoxy) is 1. The lowest BCUT2D eigenvalue weighted by Gasteiger charge is -2.34. The number of nitrogens with zero attached hydrogens (tertiary/aromatic N) is 2. The fourth-order valence-electron chi connectivity index (χ4n) is 4.09. The summed E-state index contributed by atoms with van der Waals surface area (Å²) in [5.41, 5.74) is 7.73. The van der Waals surface area contributed by atoms with Crippen molar-refractivity contribution in [1.29, 1.82) is 0 Å². The van der Waals surface area contributed by atoms with E-state index in [0.29, 0.717) is 42.2 Å². The average molecular weight is 446 g/mol. The number of aliphatic hydroxyl groups excluding tert-OH is 1. The highest BCUT2D eigenvalue weighted by Gasteiger charge is 2.29. The second-order valence-corrected chi connectivity index (χ2v) is 8.03. The Labute approximate surface area is 192 Å². The van der Waals surface area contributed by atoms with Gasteiger partial charge >= 0.3 is 0 Å². The number of amides is 1. The molecule has 8 nitrogen and oxygen atoms in total. The van der Waals surface area contributed by atoms with Crippen molar-refractivity contribution in [1.82, 2.24) is 15.3 Å². The molecule has 0 unspecified atom stereocenters. The zero-order valence-electron chi connectivity index (χ0n) is 18.1. The number of nitrogens with one attached hydrogen (secondary N) is 2. The lowest BCUT2D eigenvalue weighted by Crippen LogP contribution is -2.45. The molecule has 8 heteroatoms. The van der Waals surface area contributed by atoms with Crippen LogP contribution in [-0.4, -0.2) is 39.2 Å². The maximum Gasteiger partial charge on any atom is 0.243 e. The fraction of sp³-hybridized carbons (Fsp3) is 0.240. The van der Waals surface area contributed by atoms with E-state index in [9.17, 15) is 9.90 Å². The Kier molecular flexibility index (Phi) is 6.85. The second kappa shape index (κ2) is 10.1. The molecule has 33 heavy (non-hydrogen) atoms. The topological polar surface area (TPSA) is 122 Å². The Morgan fingerprint density at radius 2 is 1.73 bits per heavy atom. The molecule has 5 N–H and O–H groups in total. The molecule has 4 rings (SSSR count). The van der Waals surface area contributed by atoms with Crippen LogP contribution in [0.4, 0.5) is 11.6 Å². The first kappa shape index (κ1) is 22.3. The summed E-state index contributed by atoms with van der Waals surface area (Å²) in [6, 6.07) is 16.8. The van der Waals surface area contributed by atoms with Crippen LogP contribution < -0.4 is 21.1 Å². The molecule has 1 aromatic heterocycles. The number of carbonyl (C=O) groups is 1. The number of anilines is 2. The van der Waals surface area contributed by atoms with Crippen LogP contribution in [0, 0.1) is 0 Å². The molecule has 3 aromatic rings. The number of aliphatic hydroxyl groups is 1. The fourth-order valence-corrected chi connectivity index (χ4v) is 4.09. The maximum absolute atomic E-state index is 11.7. The van der Waals surface area contributed by atoms with E-state index in [1.807, 2.05) is 54.6 Å². The molecular weight excluding hydrogens is 418 g/mol. The molecule has 3 atom stereocenters. The SMILES string of the molecule is C=CC(=O)N[C@H]1C[C@@H](O)C[C@@H](Nc2ncnc(N)c2-c2ccc(Oc3ccccc3)cc2)C1. The Balaban J connectivity index is 1.52. The van der Waals surface area contributed by atoms with Gasteiger partial charge in [0.1, 0.15) is 29.5 Å². The maximum atomic E-state index is 11.7. The molecule has 0 radical (unpaired) electrons. The lowest BCUT2D eigenvalue weighted by molar-refractivity contribution is -0.117. The minimum atomic E-state index is -0.539. The minimum Gasteiger partial charge on any atom is -0.457 e. The van der Waals surface area contributed by atoms with Gasteiger partial charge in [-0.1, -0.05) is 36.9 Å². The van der Waals surface area contributed by atoms with E-state index in [0.717, 1.165) is 11.3 Å². The first-order chi connectivity index (χ1) is 16.0. The summed E-state index contributed by atoms with van der Waals surface area (Å²) in [6.07, 6.45) is 3.78. The predicted molar refractivity (Wildman–Crippen MR) is 128 cm³/mol. The summed E-state index contributed by atoms with van der Waals surface area (Å²) in [4.78, 5) is 20.3. The number of nitrogens with two attached hydrogens (primary N) is 1. The Hall–Kier alpha value is -3.91. The molecule has 1 aliphatic rings. The molecule has 1 aliphatic carbocycles. The van der Waals surface area contributed by atoms with Crippen LogP contribution in [0.25, 0.3) is 11.1 Å². The highest BCUT2D eigenvalue weighted by molar-refractivity contribution is 5.87. The van der Waals surface area contributed by atoms with Gasteiger partial charge in [-0.15, -0.1) is 0 Å². The second-order valence-electron chi connectivity index (χ2n) is 8.03. The number of carbonyl (C=O) groups excluding carboxylic acids is 1. The van der Waals surface area contributed by atoms with E-state index >= 15 is 0 Å². The molecule has 2 aromatic carbocycles. The van der Waals surface area contributed by atoms with Gasteiger partial charge in [0, 0.05) is 12.1 Å². The standard InChI is InChI=1S/C25H27N5O3/c1-2-22(32)29-17-12-18(14-19(31)13-17)30-25-23(24(26)27-15-28-25)16-8-10-21(11-9-16)33-20-6-4-3-5-7-20/h2-11,15,17-19,31H,1,12-14H2,(H,29,32)(H3,26,27,28,30)/t17-,18+,19-/m1/s1. The largest absolute Gasteiger partial charge is 0.457 e. The number of benzene rings is 2. The quantitative estimate of drug-likeness (QED) is 0.411. The van der Waals surface area contributed by atoms with Gasteiger partial charge in [-0.25, -0.2) is 9.97 Å². The van der Waals surface area contributed by atoms with Crippen molar-refractivity contribution >= 4 is 17.5 Å². The highest BCUT2D eigenvalue weighted by atomic mass is 16.5. The number of nitrogen functional groups attached to an aromatic ring is 1. The third-order valence-electron chi connectivity index (χ3n) is 5.55. The monoisotopic (exact) mass is 445 g/mol. The summed E-state index contributed by atoms with van der Waals surface area (Å²) in [5.74, 6) is 2.12. The van der Waals surface area contributed by atoms with Crippen molar-refractivity contribution < 1.29 is 14.6 Å². The van der Waals surface area contributed by atoms with Crippen molar-refractivity contribution in [2.75, 3.05) is 11.1 Å². The van der Waals surface area contributed by atoms with Gasteiger partial charge in [-0.05, 0) is 55.2 Å². The molecule has 170 valence electrons. The number of rotatable bonds is 7. The molecule has 1 amide bonds. The van der Waals surface area contributed by atoms with Crippen LogP contribution >= 0.6 is 0 Å².